The Morgan fingerprint density at radius 3 is 2.55 bits per heavy atom. The predicted molar refractivity (Wildman–Crippen MR) is 81.7 cm³/mol. The lowest BCUT2D eigenvalue weighted by atomic mass is 10.1. The molecular weight excluding hydrogens is 248 g/mol. The first-order valence-electron chi connectivity index (χ1n) is 6.92. The van der Waals surface area contributed by atoms with Crippen LogP contribution in [0.15, 0.2) is 42.7 Å². The molecule has 0 aliphatic rings. The molecule has 104 valence electrons. The van der Waals surface area contributed by atoms with E-state index in [1.807, 2.05) is 50.4 Å². The van der Waals surface area contributed by atoms with E-state index in [-0.39, 0.29) is 5.91 Å². The molecule has 1 aromatic carbocycles. The van der Waals surface area contributed by atoms with Crippen molar-refractivity contribution in [1.29, 1.82) is 0 Å². The smallest absolute Gasteiger partial charge is 0.224 e. The van der Waals surface area contributed by atoms with Gasteiger partial charge >= 0.3 is 0 Å². The molecule has 0 saturated heterocycles. The number of rotatable bonds is 5. The first-order chi connectivity index (χ1) is 9.66. The Hall–Kier alpha value is -2.16. The molecule has 3 heteroatoms. The lowest BCUT2D eigenvalue weighted by Gasteiger charge is -2.11. The highest BCUT2D eigenvalue weighted by atomic mass is 16.1. The topological polar surface area (TPSA) is 42.0 Å². The van der Waals surface area contributed by atoms with Gasteiger partial charge in [0.25, 0.3) is 0 Å². The molecule has 2 aromatic rings. The number of nitrogens with one attached hydrogen (secondary N) is 1. The number of para-hydroxylation sites is 1. The maximum atomic E-state index is 12.0. The summed E-state index contributed by atoms with van der Waals surface area (Å²) >= 11 is 0. The number of anilines is 1. The third-order valence-corrected chi connectivity index (χ3v) is 3.34. The zero-order valence-electron chi connectivity index (χ0n) is 12.0. The highest BCUT2D eigenvalue weighted by molar-refractivity contribution is 5.92. The number of nitrogens with zero attached hydrogens (tertiary/aromatic N) is 1. The molecule has 0 fully saturated rings. The summed E-state index contributed by atoms with van der Waals surface area (Å²) in [7, 11) is 0. The number of aromatic nitrogens is 1. The van der Waals surface area contributed by atoms with E-state index < -0.39 is 0 Å². The van der Waals surface area contributed by atoms with Gasteiger partial charge in [0.2, 0.25) is 5.91 Å². The molecule has 0 atom stereocenters. The number of carbonyl (C=O) groups is 1. The number of carbonyl (C=O) groups excluding carboxylic acids is 1. The van der Waals surface area contributed by atoms with Crippen LogP contribution in [0.4, 0.5) is 5.69 Å². The zero-order chi connectivity index (χ0) is 14.4. The fourth-order valence-corrected chi connectivity index (χ4v) is 2.21. The molecule has 20 heavy (non-hydrogen) atoms. The van der Waals surface area contributed by atoms with E-state index in [0.29, 0.717) is 6.42 Å². The summed E-state index contributed by atoms with van der Waals surface area (Å²) in [6.07, 6.45) is 5.86. The number of hydrogen-bond donors (Lipinski definition) is 1. The Labute approximate surface area is 120 Å². The third-order valence-electron chi connectivity index (χ3n) is 3.34. The number of pyridine rings is 1. The summed E-state index contributed by atoms with van der Waals surface area (Å²) in [5.41, 5.74) is 4.32. The van der Waals surface area contributed by atoms with Crippen LogP contribution in [0.25, 0.3) is 0 Å². The minimum absolute atomic E-state index is 0.0753. The largest absolute Gasteiger partial charge is 0.326 e. The fourth-order valence-electron chi connectivity index (χ4n) is 2.21. The van der Waals surface area contributed by atoms with Crippen LogP contribution in [0.3, 0.4) is 0 Å². The molecule has 0 spiro atoms. The second-order valence-electron chi connectivity index (χ2n) is 5.03. The van der Waals surface area contributed by atoms with Gasteiger partial charge in [-0.1, -0.05) is 24.3 Å². The van der Waals surface area contributed by atoms with Gasteiger partial charge in [-0.2, -0.15) is 0 Å². The third kappa shape index (κ3) is 3.92. The van der Waals surface area contributed by atoms with E-state index in [4.69, 9.17) is 0 Å². The van der Waals surface area contributed by atoms with Gasteiger partial charge in [0.05, 0.1) is 0 Å². The maximum Gasteiger partial charge on any atom is 0.224 e. The molecule has 0 unspecified atom stereocenters. The van der Waals surface area contributed by atoms with Crippen molar-refractivity contribution in [3.63, 3.8) is 0 Å². The maximum absolute atomic E-state index is 12.0. The number of hydrogen-bond acceptors (Lipinski definition) is 2. The van der Waals surface area contributed by atoms with Crippen LogP contribution < -0.4 is 5.32 Å². The summed E-state index contributed by atoms with van der Waals surface area (Å²) in [5.74, 6) is 0.0753. The summed E-state index contributed by atoms with van der Waals surface area (Å²) in [5, 5.41) is 3.01. The van der Waals surface area contributed by atoms with Crippen molar-refractivity contribution < 1.29 is 4.79 Å². The van der Waals surface area contributed by atoms with Crippen molar-refractivity contribution in [1.82, 2.24) is 4.98 Å². The first kappa shape index (κ1) is 14.3. The Morgan fingerprint density at radius 2 is 1.90 bits per heavy atom. The molecule has 0 aliphatic carbocycles. The van der Waals surface area contributed by atoms with Gasteiger partial charge in [0.1, 0.15) is 0 Å². The van der Waals surface area contributed by atoms with Crippen LogP contribution in [-0.2, 0) is 11.2 Å². The van der Waals surface area contributed by atoms with E-state index in [1.54, 1.807) is 6.20 Å². The van der Waals surface area contributed by atoms with Gasteiger partial charge < -0.3 is 5.32 Å². The van der Waals surface area contributed by atoms with Crippen LogP contribution in [0, 0.1) is 13.8 Å². The fraction of sp³-hybridized carbons (Fsp3) is 0.294. The molecular formula is C17H20N2O. The van der Waals surface area contributed by atoms with E-state index in [0.717, 1.165) is 29.7 Å². The van der Waals surface area contributed by atoms with Crippen LogP contribution >= 0.6 is 0 Å². The highest BCUT2D eigenvalue weighted by Gasteiger charge is 2.07. The van der Waals surface area contributed by atoms with Gasteiger partial charge in [-0.25, -0.2) is 0 Å². The van der Waals surface area contributed by atoms with E-state index in [1.165, 1.54) is 5.56 Å². The normalized spacial score (nSPS) is 10.3. The minimum atomic E-state index is 0.0753. The monoisotopic (exact) mass is 268 g/mol. The predicted octanol–water partition coefficient (Wildman–Crippen LogP) is 3.66. The van der Waals surface area contributed by atoms with E-state index >= 15 is 0 Å². The Kier molecular flexibility index (Phi) is 4.88. The second-order valence-corrected chi connectivity index (χ2v) is 5.03. The van der Waals surface area contributed by atoms with E-state index in [2.05, 4.69) is 10.3 Å². The molecule has 1 amide bonds. The number of benzene rings is 1. The van der Waals surface area contributed by atoms with Crippen molar-refractivity contribution in [2.75, 3.05) is 5.32 Å². The van der Waals surface area contributed by atoms with Crippen LogP contribution in [0.1, 0.15) is 29.5 Å². The van der Waals surface area contributed by atoms with Gasteiger partial charge in [-0.05, 0) is 49.4 Å². The Bertz CT molecular complexity index is 559. The standard InChI is InChI=1S/C17H20N2O/c1-13-6-3-7-14(2)17(13)19-16(20)10-4-8-15-9-5-11-18-12-15/h3,5-7,9,11-12H,4,8,10H2,1-2H3,(H,19,20). The molecule has 1 N–H and O–H groups in total. The van der Waals surface area contributed by atoms with Crippen LogP contribution in [0.5, 0.6) is 0 Å². The molecule has 1 heterocycles. The molecule has 2 rings (SSSR count). The van der Waals surface area contributed by atoms with Gasteiger partial charge in [0, 0.05) is 24.5 Å². The first-order valence-corrected chi connectivity index (χ1v) is 6.92. The highest BCUT2D eigenvalue weighted by Crippen LogP contribution is 2.19. The Balaban J connectivity index is 1.84. The minimum Gasteiger partial charge on any atom is -0.326 e. The van der Waals surface area contributed by atoms with Crippen molar-refractivity contribution in [3.05, 3.63) is 59.4 Å². The molecule has 0 aliphatic heterocycles. The SMILES string of the molecule is Cc1cccc(C)c1NC(=O)CCCc1cccnc1. The number of amides is 1. The molecule has 0 saturated carbocycles. The Morgan fingerprint density at radius 1 is 1.15 bits per heavy atom. The van der Waals surface area contributed by atoms with Crippen molar-refractivity contribution in [2.45, 2.75) is 33.1 Å². The number of aryl methyl sites for hydroxylation is 3. The average Bonchev–Trinajstić information content (AvgIpc) is 2.44. The molecule has 1 aromatic heterocycles. The van der Waals surface area contributed by atoms with E-state index in [9.17, 15) is 4.79 Å². The van der Waals surface area contributed by atoms with Gasteiger partial charge in [-0.3, -0.25) is 9.78 Å². The second kappa shape index (κ2) is 6.85. The quantitative estimate of drug-likeness (QED) is 0.899. The molecule has 0 bridgehead atoms. The molecule has 0 radical (unpaired) electrons. The average molecular weight is 268 g/mol. The summed E-state index contributed by atoms with van der Waals surface area (Å²) in [6, 6.07) is 9.99. The van der Waals surface area contributed by atoms with Crippen LogP contribution in [-0.4, -0.2) is 10.9 Å². The van der Waals surface area contributed by atoms with Crippen molar-refractivity contribution in [3.8, 4) is 0 Å². The lowest BCUT2D eigenvalue weighted by Crippen LogP contribution is -2.13. The molecule has 3 nitrogen and oxygen atoms in total. The summed E-state index contributed by atoms with van der Waals surface area (Å²) in [6.45, 7) is 4.02. The summed E-state index contributed by atoms with van der Waals surface area (Å²) < 4.78 is 0. The lowest BCUT2D eigenvalue weighted by molar-refractivity contribution is -0.116. The summed E-state index contributed by atoms with van der Waals surface area (Å²) in [4.78, 5) is 16.1. The van der Waals surface area contributed by atoms with Gasteiger partial charge in [-0.15, -0.1) is 0 Å². The van der Waals surface area contributed by atoms with Crippen molar-refractivity contribution in [2.24, 2.45) is 0 Å². The van der Waals surface area contributed by atoms with Crippen LogP contribution in [0.2, 0.25) is 0 Å². The van der Waals surface area contributed by atoms with Gasteiger partial charge in [0.15, 0.2) is 0 Å². The van der Waals surface area contributed by atoms with Crippen molar-refractivity contribution >= 4 is 11.6 Å². The zero-order valence-corrected chi connectivity index (χ0v) is 12.0.